The molecular formula is C13H13F3. The van der Waals surface area contributed by atoms with Crippen LogP contribution >= 0.6 is 0 Å². The fourth-order valence-electron chi connectivity index (χ4n) is 2.21. The molecule has 86 valence electrons. The quantitative estimate of drug-likeness (QED) is 0.499. The molecule has 0 nitrogen and oxygen atoms in total. The summed E-state index contributed by atoms with van der Waals surface area (Å²) < 4.78 is 39.6. The van der Waals surface area contributed by atoms with Crippen LogP contribution in [0.25, 0.3) is 0 Å². The van der Waals surface area contributed by atoms with Gasteiger partial charge in [-0.3, -0.25) is 0 Å². The number of hydrogen-bond acceptors (Lipinski definition) is 0. The summed E-state index contributed by atoms with van der Waals surface area (Å²) >= 11 is 0. The van der Waals surface area contributed by atoms with Crippen molar-refractivity contribution in [1.82, 2.24) is 0 Å². The van der Waals surface area contributed by atoms with E-state index in [-0.39, 0.29) is 5.56 Å². The molecular weight excluding hydrogens is 213 g/mol. The van der Waals surface area contributed by atoms with Crippen LogP contribution in [0.4, 0.5) is 13.2 Å². The Morgan fingerprint density at radius 3 is 2.50 bits per heavy atom. The van der Waals surface area contributed by atoms with E-state index < -0.39 is 22.9 Å². The highest BCUT2D eigenvalue weighted by molar-refractivity contribution is 5.33. The summed E-state index contributed by atoms with van der Waals surface area (Å²) in [5.41, 5.74) is -0.279. The summed E-state index contributed by atoms with van der Waals surface area (Å²) in [5.74, 6) is -3.57. The summed E-state index contributed by atoms with van der Waals surface area (Å²) in [6.07, 6.45) is 6.49. The van der Waals surface area contributed by atoms with Crippen molar-refractivity contribution in [3.8, 4) is 0 Å². The average Bonchev–Trinajstić information content (AvgIpc) is 2.27. The number of rotatable bonds is 1. The molecule has 0 radical (unpaired) electrons. The van der Waals surface area contributed by atoms with Gasteiger partial charge in [-0.15, -0.1) is 0 Å². The van der Waals surface area contributed by atoms with Gasteiger partial charge in [-0.1, -0.05) is 25.1 Å². The predicted octanol–water partition coefficient (Wildman–Crippen LogP) is 4.10. The molecule has 1 aromatic carbocycles. The van der Waals surface area contributed by atoms with Gasteiger partial charge in [-0.2, -0.15) is 0 Å². The summed E-state index contributed by atoms with van der Waals surface area (Å²) in [6, 6.07) is 2.32. The Morgan fingerprint density at radius 1 is 1.12 bits per heavy atom. The van der Waals surface area contributed by atoms with Gasteiger partial charge in [0.25, 0.3) is 0 Å². The van der Waals surface area contributed by atoms with Crippen molar-refractivity contribution >= 4 is 0 Å². The molecule has 0 N–H and O–H groups in total. The molecule has 2 rings (SSSR count). The summed E-state index contributed by atoms with van der Waals surface area (Å²) in [6.45, 7) is 1.85. The van der Waals surface area contributed by atoms with Gasteiger partial charge in [-0.05, 0) is 25.3 Å². The third-order valence-corrected chi connectivity index (χ3v) is 3.20. The molecule has 16 heavy (non-hydrogen) atoms. The van der Waals surface area contributed by atoms with Crippen LogP contribution in [-0.2, 0) is 5.41 Å². The third kappa shape index (κ3) is 1.75. The Kier molecular flexibility index (Phi) is 2.78. The lowest BCUT2D eigenvalue weighted by atomic mass is 9.75. The molecule has 1 aliphatic rings. The SMILES string of the molecule is C[C@]1(c2ccc(F)c(F)c2F)C=CCCC1. The minimum atomic E-state index is -1.38. The van der Waals surface area contributed by atoms with Crippen molar-refractivity contribution in [3.05, 3.63) is 47.3 Å². The lowest BCUT2D eigenvalue weighted by Crippen LogP contribution is -2.23. The zero-order chi connectivity index (χ0) is 11.8. The van der Waals surface area contributed by atoms with Crippen LogP contribution in [-0.4, -0.2) is 0 Å². The minimum Gasteiger partial charge on any atom is -0.204 e. The van der Waals surface area contributed by atoms with Gasteiger partial charge in [-0.25, -0.2) is 13.2 Å². The first kappa shape index (κ1) is 11.2. The Balaban J connectivity index is 2.52. The lowest BCUT2D eigenvalue weighted by Gasteiger charge is -2.29. The first-order valence-electron chi connectivity index (χ1n) is 5.36. The molecule has 0 bridgehead atoms. The first-order chi connectivity index (χ1) is 7.54. The molecule has 0 aliphatic heterocycles. The van der Waals surface area contributed by atoms with Crippen molar-refractivity contribution in [1.29, 1.82) is 0 Å². The van der Waals surface area contributed by atoms with Gasteiger partial charge in [0.1, 0.15) is 0 Å². The van der Waals surface area contributed by atoms with Crippen LogP contribution < -0.4 is 0 Å². The zero-order valence-electron chi connectivity index (χ0n) is 9.06. The molecule has 3 heteroatoms. The largest absolute Gasteiger partial charge is 0.204 e. The number of allylic oxidation sites excluding steroid dienone is 2. The molecule has 0 spiro atoms. The maximum Gasteiger partial charge on any atom is 0.194 e. The maximum atomic E-state index is 13.6. The smallest absolute Gasteiger partial charge is 0.194 e. The highest BCUT2D eigenvalue weighted by Gasteiger charge is 2.30. The van der Waals surface area contributed by atoms with Crippen LogP contribution in [0.1, 0.15) is 31.7 Å². The summed E-state index contributed by atoms with van der Waals surface area (Å²) in [7, 11) is 0. The second-order valence-electron chi connectivity index (χ2n) is 4.43. The Morgan fingerprint density at radius 2 is 1.88 bits per heavy atom. The molecule has 0 fully saturated rings. The van der Waals surface area contributed by atoms with Crippen LogP contribution in [0.15, 0.2) is 24.3 Å². The van der Waals surface area contributed by atoms with Gasteiger partial charge in [0.15, 0.2) is 17.5 Å². The second kappa shape index (κ2) is 3.96. The van der Waals surface area contributed by atoms with Gasteiger partial charge in [0.2, 0.25) is 0 Å². The molecule has 0 saturated heterocycles. The van der Waals surface area contributed by atoms with Crippen LogP contribution in [0, 0.1) is 17.5 Å². The Labute approximate surface area is 92.8 Å². The van der Waals surface area contributed by atoms with Crippen molar-refractivity contribution in [2.24, 2.45) is 0 Å². The molecule has 0 saturated carbocycles. The topological polar surface area (TPSA) is 0 Å². The molecule has 0 aromatic heterocycles. The maximum absolute atomic E-state index is 13.6. The lowest BCUT2D eigenvalue weighted by molar-refractivity contribution is 0.411. The highest BCUT2D eigenvalue weighted by Crippen LogP contribution is 2.36. The fraction of sp³-hybridized carbons (Fsp3) is 0.385. The van der Waals surface area contributed by atoms with Crippen LogP contribution in [0.5, 0.6) is 0 Å². The molecule has 0 heterocycles. The van der Waals surface area contributed by atoms with Crippen molar-refractivity contribution in [2.75, 3.05) is 0 Å². The van der Waals surface area contributed by atoms with Crippen LogP contribution in [0.3, 0.4) is 0 Å². The van der Waals surface area contributed by atoms with E-state index in [2.05, 4.69) is 0 Å². The van der Waals surface area contributed by atoms with E-state index in [1.165, 1.54) is 6.07 Å². The molecule has 1 aliphatic carbocycles. The van der Waals surface area contributed by atoms with Crippen molar-refractivity contribution < 1.29 is 13.2 Å². The minimum absolute atomic E-state index is 0.238. The second-order valence-corrected chi connectivity index (χ2v) is 4.43. The van der Waals surface area contributed by atoms with Crippen molar-refractivity contribution in [3.63, 3.8) is 0 Å². The van der Waals surface area contributed by atoms with E-state index in [1.54, 1.807) is 0 Å². The monoisotopic (exact) mass is 226 g/mol. The predicted molar refractivity (Wildman–Crippen MR) is 56.7 cm³/mol. The molecule has 0 unspecified atom stereocenters. The molecule has 1 atom stereocenters. The van der Waals surface area contributed by atoms with Crippen molar-refractivity contribution in [2.45, 2.75) is 31.6 Å². The Hall–Kier alpha value is -1.25. The summed E-state index contributed by atoms with van der Waals surface area (Å²) in [4.78, 5) is 0. The van der Waals surface area contributed by atoms with E-state index >= 15 is 0 Å². The van der Waals surface area contributed by atoms with Gasteiger partial charge < -0.3 is 0 Å². The van der Waals surface area contributed by atoms with Gasteiger partial charge in [0, 0.05) is 11.0 Å². The number of benzene rings is 1. The standard InChI is InChI=1S/C13H13F3/c1-13(7-3-2-4-8-13)9-5-6-10(14)12(16)11(9)15/h3,5-7H,2,4,8H2,1H3/t13-/m0/s1. The highest BCUT2D eigenvalue weighted by atomic mass is 19.2. The molecule has 1 aromatic rings. The van der Waals surface area contributed by atoms with Gasteiger partial charge in [0.05, 0.1) is 0 Å². The summed E-state index contributed by atoms with van der Waals surface area (Å²) in [5, 5.41) is 0. The van der Waals surface area contributed by atoms with E-state index in [1.807, 2.05) is 19.1 Å². The third-order valence-electron chi connectivity index (χ3n) is 3.20. The van der Waals surface area contributed by atoms with E-state index in [9.17, 15) is 13.2 Å². The number of hydrogen-bond donors (Lipinski definition) is 0. The normalized spacial score (nSPS) is 24.8. The fourth-order valence-corrected chi connectivity index (χ4v) is 2.21. The van der Waals surface area contributed by atoms with Crippen LogP contribution in [0.2, 0.25) is 0 Å². The van der Waals surface area contributed by atoms with E-state index in [0.717, 1.165) is 25.3 Å². The first-order valence-corrected chi connectivity index (χ1v) is 5.36. The van der Waals surface area contributed by atoms with E-state index in [4.69, 9.17) is 0 Å². The Bertz CT molecular complexity index is 437. The average molecular weight is 226 g/mol. The number of halogens is 3. The van der Waals surface area contributed by atoms with Gasteiger partial charge >= 0.3 is 0 Å². The molecule has 0 amide bonds. The zero-order valence-corrected chi connectivity index (χ0v) is 9.06. The van der Waals surface area contributed by atoms with E-state index in [0.29, 0.717) is 0 Å².